The maximum Gasteiger partial charge on any atom is 0.322 e. The van der Waals surface area contributed by atoms with Crippen LogP contribution in [0.1, 0.15) is 20.3 Å². The summed E-state index contributed by atoms with van der Waals surface area (Å²) in [6.07, 6.45) is -0.177. The van der Waals surface area contributed by atoms with Gasteiger partial charge in [0.1, 0.15) is 0 Å². The molecule has 1 aromatic carbocycles. The average molecular weight is 303 g/mol. The summed E-state index contributed by atoms with van der Waals surface area (Å²) in [5.41, 5.74) is -0.0384. The number of benzene rings is 1. The van der Waals surface area contributed by atoms with Gasteiger partial charge in [-0.1, -0.05) is 17.7 Å². The van der Waals surface area contributed by atoms with Gasteiger partial charge >= 0.3 is 12.0 Å². The second-order valence-electron chi connectivity index (χ2n) is 4.46. The first-order valence-electron chi connectivity index (χ1n) is 6.06. The summed E-state index contributed by atoms with van der Waals surface area (Å²) in [4.78, 5) is 23.9. The summed E-state index contributed by atoms with van der Waals surface area (Å²) in [6.45, 7) is 3.53. The van der Waals surface area contributed by atoms with Crippen LogP contribution in [0.25, 0.3) is 0 Å². The summed E-state index contributed by atoms with van der Waals surface area (Å²) in [7, 11) is 0. The SMILES string of the molecule is CC(C)N(CCC(=O)O)C(=O)Nc1cccc(Cl)c1F. The lowest BCUT2D eigenvalue weighted by Crippen LogP contribution is -2.41. The number of carbonyl (C=O) groups is 2. The molecule has 2 N–H and O–H groups in total. The fourth-order valence-electron chi connectivity index (χ4n) is 1.60. The van der Waals surface area contributed by atoms with Gasteiger partial charge in [-0.3, -0.25) is 4.79 Å². The molecular formula is C13H16ClFN2O3. The number of anilines is 1. The summed E-state index contributed by atoms with van der Waals surface area (Å²) in [5.74, 6) is -1.72. The lowest BCUT2D eigenvalue weighted by atomic mass is 10.3. The number of hydrogen-bond acceptors (Lipinski definition) is 2. The predicted molar refractivity (Wildman–Crippen MR) is 74.5 cm³/mol. The van der Waals surface area contributed by atoms with Gasteiger partial charge in [-0.15, -0.1) is 0 Å². The highest BCUT2D eigenvalue weighted by molar-refractivity contribution is 6.31. The molecule has 0 aliphatic heterocycles. The second kappa shape index (κ2) is 7.09. The Morgan fingerprint density at radius 1 is 1.45 bits per heavy atom. The molecule has 0 aliphatic carbocycles. The molecule has 0 unspecified atom stereocenters. The van der Waals surface area contributed by atoms with E-state index in [-0.39, 0.29) is 29.7 Å². The Morgan fingerprint density at radius 2 is 2.10 bits per heavy atom. The number of carboxylic acids is 1. The van der Waals surface area contributed by atoms with Crippen LogP contribution in [0.4, 0.5) is 14.9 Å². The fraction of sp³-hybridized carbons (Fsp3) is 0.385. The van der Waals surface area contributed by atoms with Crippen LogP contribution in [-0.4, -0.2) is 34.6 Å². The Bertz CT molecular complexity index is 508. The zero-order chi connectivity index (χ0) is 15.3. The van der Waals surface area contributed by atoms with E-state index < -0.39 is 17.8 Å². The molecule has 0 heterocycles. The Labute approximate surface area is 121 Å². The van der Waals surface area contributed by atoms with Gasteiger partial charge in [0.25, 0.3) is 0 Å². The van der Waals surface area contributed by atoms with Gasteiger partial charge in [0.05, 0.1) is 17.1 Å². The number of nitrogens with zero attached hydrogens (tertiary/aromatic N) is 1. The second-order valence-corrected chi connectivity index (χ2v) is 4.87. The molecule has 0 spiro atoms. The van der Waals surface area contributed by atoms with Crippen LogP contribution >= 0.6 is 11.6 Å². The molecule has 0 aromatic heterocycles. The quantitative estimate of drug-likeness (QED) is 0.877. The first kappa shape index (κ1) is 16.2. The monoisotopic (exact) mass is 302 g/mol. The molecule has 1 rings (SSSR count). The van der Waals surface area contributed by atoms with Crippen LogP contribution in [0.3, 0.4) is 0 Å². The van der Waals surface area contributed by atoms with Crippen molar-refractivity contribution in [1.82, 2.24) is 4.90 Å². The molecule has 0 fully saturated rings. The van der Waals surface area contributed by atoms with Gasteiger partial charge in [-0.2, -0.15) is 0 Å². The normalized spacial score (nSPS) is 10.4. The van der Waals surface area contributed by atoms with E-state index in [1.165, 1.54) is 23.1 Å². The van der Waals surface area contributed by atoms with E-state index in [4.69, 9.17) is 16.7 Å². The average Bonchev–Trinajstić information content (AvgIpc) is 2.34. The van der Waals surface area contributed by atoms with E-state index in [0.717, 1.165) is 0 Å². The maximum atomic E-state index is 13.7. The minimum atomic E-state index is -1.00. The van der Waals surface area contributed by atoms with Gasteiger partial charge in [0.15, 0.2) is 5.82 Å². The zero-order valence-corrected chi connectivity index (χ0v) is 11.9. The van der Waals surface area contributed by atoms with Gasteiger partial charge in [0, 0.05) is 12.6 Å². The Morgan fingerprint density at radius 3 is 2.65 bits per heavy atom. The number of rotatable bonds is 5. The minimum Gasteiger partial charge on any atom is -0.481 e. The molecule has 0 radical (unpaired) electrons. The van der Waals surface area contributed by atoms with Crippen molar-refractivity contribution in [2.45, 2.75) is 26.3 Å². The minimum absolute atomic E-state index is 0.0384. The summed E-state index contributed by atoms with van der Waals surface area (Å²) < 4.78 is 13.7. The first-order chi connectivity index (χ1) is 9.32. The van der Waals surface area contributed by atoms with Crippen molar-refractivity contribution < 1.29 is 19.1 Å². The first-order valence-corrected chi connectivity index (χ1v) is 6.44. The number of carbonyl (C=O) groups excluding carboxylic acids is 1. The number of halogens is 2. The number of nitrogens with one attached hydrogen (secondary N) is 1. The van der Waals surface area contributed by atoms with Crippen LogP contribution in [0, 0.1) is 5.82 Å². The molecule has 7 heteroatoms. The maximum absolute atomic E-state index is 13.7. The standard InChI is InChI=1S/C13H16ClFN2O3/c1-8(2)17(7-6-11(18)19)13(20)16-10-5-3-4-9(14)12(10)15/h3-5,8H,6-7H2,1-2H3,(H,16,20)(H,18,19). The van der Waals surface area contributed by atoms with Crippen LogP contribution < -0.4 is 5.32 Å². The number of hydrogen-bond donors (Lipinski definition) is 2. The van der Waals surface area contributed by atoms with Crippen molar-refractivity contribution in [1.29, 1.82) is 0 Å². The van der Waals surface area contributed by atoms with E-state index in [1.54, 1.807) is 13.8 Å². The Balaban J connectivity index is 2.80. The van der Waals surface area contributed by atoms with Gasteiger partial charge in [-0.05, 0) is 26.0 Å². The number of carboxylic acid groups (broad SMARTS) is 1. The van der Waals surface area contributed by atoms with Crippen molar-refractivity contribution >= 4 is 29.3 Å². The third kappa shape index (κ3) is 4.38. The predicted octanol–water partition coefficient (Wildman–Crippen LogP) is 3.20. The van der Waals surface area contributed by atoms with Crippen molar-refractivity contribution in [2.24, 2.45) is 0 Å². The van der Waals surface area contributed by atoms with Crippen LogP contribution in [0.5, 0.6) is 0 Å². The fourth-order valence-corrected chi connectivity index (χ4v) is 1.77. The zero-order valence-electron chi connectivity index (χ0n) is 11.2. The van der Waals surface area contributed by atoms with Crippen LogP contribution in [0.2, 0.25) is 5.02 Å². The highest BCUT2D eigenvalue weighted by Crippen LogP contribution is 2.22. The molecule has 0 saturated heterocycles. The van der Waals surface area contributed by atoms with E-state index in [1.807, 2.05) is 0 Å². The molecule has 1 aromatic rings. The summed E-state index contributed by atoms with van der Waals surface area (Å²) in [5, 5.41) is 11.0. The van der Waals surface area contributed by atoms with Crippen molar-refractivity contribution in [2.75, 3.05) is 11.9 Å². The molecule has 0 aliphatic rings. The molecular weight excluding hydrogens is 287 g/mol. The number of urea groups is 1. The van der Waals surface area contributed by atoms with E-state index in [9.17, 15) is 14.0 Å². The lowest BCUT2D eigenvalue weighted by Gasteiger charge is -2.26. The van der Waals surface area contributed by atoms with Crippen molar-refractivity contribution in [3.05, 3.63) is 29.0 Å². The van der Waals surface area contributed by atoms with E-state index in [0.29, 0.717) is 0 Å². The smallest absolute Gasteiger partial charge is 0.322 e. The molecule has 0 saturated carbocycles. The third-order valence-corrected chi connectivity index (χ3v) is 2.94. The van der Waals surface area contributed by atoms with Crippen LogP contribution in [-0.2, 0) is 4.79 Å². The molecule has 0 atom stereocenters. The number of aliphatic carboxylic acids is 1. The third-order valence-electron chi connectivity index (χ3n) is 2.64. The molecule has 110 valence electrons. The van der Waals surface area contributed by atoms with Crippen LogP contribution in [0.15, 0.2) is 18.2 Å². The molecule has 2 amide bonds. The summed E-state index contributed by atoms with van der Waals surface area (Å²) >= 11 is 5.62. The van der Waals surface area contributed by atoms with E-state index >= 15 is 0 Å². The van der Waals surface area contributed by atoms with Gasteiger partial charge in [0.2, 0.25) is 0 Å². The van der Waals surface area contributed by atoms with Gasteiger partial charge < -0.3 is 15.3 Å². The highest BCUT2D eigenvalue weighted by Gasteiger charge is 2.19. The lowest BCUT2D eigenvalue weighted by molar-refractivity contribution is -0.137. The number of amides is 2. The Kier molecular flexibility index (Phi) is 5.76. The largest absolute Gasteiger partial charge is 0.481 e. The topological polar surface area (TPSA) is 69.6 Å². The highest BCUT2D eigenvalue weighted by atomic mass is 35.5. The van der Waals surface area contributed by atoms with Gasteiger partial charge in [-0.25, -0.2) is 9.18 Å². The molecule has 5 nitrogen and oxygen atoms in total. The van der Waals surface area contributed by atoms with E-state index in [2.05, 4.69) is 5.32 Å². The Hall–Kier alpha value is -1.82. The summed E-state index contributed by atoms with van der Waals surface area (Å²) in [6, 6.07) is 3.49. The molecule has 0 bridgehead atoms. The van der Waals surface area contributed by atoms with Crippen molar-refractivity contribution in [3.63, 3.8) is 0 Å². The molecule has 20 heavy (non-hydrogen) atoms. The van der Waals surface area contributed by atoms with Crippen molar-refractivity contribution in [3.8, 4) is 0 Å².